The standard InChI is InChI=1S/C25H24N2O2/c1-25(2,3)19-11-9-18(10-12-19)24(28)26-20-13-14-22-21(16-20)27-23(29-22)15-17-7-5-4-6-8-17/h4-14,16H,15H2,1-3H3,(H,26,28). The number of oxazole rings is 1. The highest BCUT2D eigenvalue weighted by Gasteiger charge is 2.15. The highest BCUT2D eigenvalue weighted by Crippen LogP contribution is 2.24. The molecule has 0 aliphatic carbocycles. The van der Waals surface area contributed by atoms with E-state index in [0.29, 0.717) is 29.1 Å². The second kappa shape index (κ2) is 7.55. The zero-order valence-corrected chi connectivity index (χ0v) is 16.9. The zero-order chi connectivity index (χ0) is 20.4. The van der Waals surface area contributed by atoms with Crippen LogP contribution in [0.25, 0.3) is 11.1 Å². The maximum atomic E-state index is 12.6. The molecule has 4 rings (SSSR count). The molecule has 0 aliphatic rings. The van der Waals surface area contributed by atoms with Crippen LogP contribution in [0.4, 0.5) is 5.69 Å². The fourth-order valence-electron chi connectivity index (χ4n) is 3.22. The second-order valence-electron chi connectivity index (χ2n) is 8.23. The van der Waals surface area contributed by atoms with E-state index < -0.39 is 0 Å². The molecular weight excluding hydrogens is 360 g/mol. The van der Waals surface area contributed by atoms with Gasteiger partial charge in [0, 0.05) is 17.7 Å². The van der Waals surface area contributed by atoms with Crippen LogP contribution < -0.4 is 5.32 Å². The van der Waals surface area contributed by atoms with Crippen molar-refractivity contribution in [3.05, 3.63) is 95.4 Å². The lowest BCUT2D eigenvalue weighted by Gasteiger charge is -2.19. The Kier molecular flexibility index (Phi) is 4.93. The summed E-state index contributed by atoms with van der Waals surface area (Å²) in [4.78, 5) is 17.2. The molecule has 29 heavy (non-hydrogen) atoms. The van der Waals surface area contributed by atoms with Crippen molar-refractivity contribution in [2.45, 2.75) is 32.6 Å². The number of benzene rings is 3. The molecule has 0 atom stereocenters. The predicted molar refractivity (Wildman–Crippen MR) is 116 cm³/mol. The Hall–Kier alpha value is -3.40. The number of rotatable bonds is 4. The molecule has 3 aromatic carbocycles. The van der Waals surface area contributed by atoms with Crippen LogP contribution in [-0.2, 0) is 11.8 Å². The molecule has 4 heteroatoms. The van der Waals surface area contributed by atoms with Gasteiger partial charge in [0.05, 0.1) is 0 Å². The summed E-state index contributed by atoms with van der Waals surface area (Å²) in [7, 11) is 0. The van der Waals surface area contributed by atoms with E-state index in [1.807, 2.05) is 72.8 Å². The van der Waals surface area contributed by atoms with E-state index in [-0.39, 0.29) is 11.3 Å². The van der Waals surface area contributed by atoms with Gasteiger partial charge in [-0.25, -0.2) is 4.98 Å². The molecule has 1 heterocycles. The van der Waals surface area contributed by atoms with Crippen LogP contribution in [-0.4, -0.2) is 10.9 Å². The number of carbonyl (C=O) groups excluding carboxylic acids is 1. The Labute approximate surface area is 170 Å². The molecule has 0 bridgehead atoms. The summed E-state index contributed by atoms with van der Waals surface area (Å²) in [5, 5.41) is 2.95. The van der Waals surface area contributed by atoms with Gasteiger partial charge in [0.25, 0.3) is 5.91 Å². The first-order valence-electron chi connectivity index (χ1n) is 9.74. The lowest BCUT2D eigenvalue weighted by atomic mass is 9.87. The number of nitrogens with one attached hydrogen (secondary N) is 1. The van der Waals surface area contributed by atoms with Gasteiger partial charge in [-0.15, -0.1) is 0 Å². The largest absolute Gasteiger partial charge is 0.440 e. The number of aromatic nitrogens is 1. The first-order chi connectivity index (χ1) is 13.9. The van der Waals surface area contributed by atoms with E-state index in [2.05, 4.69) is 31.1 Å². The highest BCUT2D eigenvalue weighted by atomic mass is 16.3. The van der Waals surface area contributed by atoms with Gasteiger partial charge < -0.3 is 9.73 Å². The van der Waals surface area contributed by atoms with E-state index in [9.17, 15) is 4.79 Å². The van der Waals surface area contributed by atoms with Crippen LogP contribution in [0.2, 0.25) is 0 Å². The average molecular weight is 384 g/mol. The van der Waals surface area contributed by atoms with E-state index in [1.165, 1.54) is 5.56 Å². The summed E-state index contributed by atoms with van der Waals surface area (Å²) in [6, 6.07) is 23.3. The number of carbonyl (C=O) groups is 1. The fraction of sp³-hybridized carbons (Fsp3) is 0.200. The van der Waals surface area contributed by atoms with Crippen molar-refractivity contribution in [3.63, 3.8) is 0 Å². The molecule has 0 unspecified atom stereocenters. The first kappa shape index (κ1) is 18.9. The minimum Gasteiger partial charge on any atom is -0.440 e. The van der Waals surface area contributed by atoms with Crippen molar-refractivity contribution in [2.75, 3.05) is 5.32 Å². The summed E-state index contributed by atoms with van der Waals surface area (Å²) < 4.78 is 5.84. The molecule has 0 saturated carbocycles. The van der Waals surface area contributed by atoms with Gasteiger partial charge in [-0.05, 0) is 46.9 Å². The Morgan fingerprint density at radius 2 is 1.69 bits per heavy atom. The minimum absolute atomic E-state index is 0.0600. The topological polar surface area (TPSA) is 55.1 Å². The fourth-order valence-corrected chi connectivity index (χ4v) is 3.22. The quantitative estimate of drug-likeness (QED) is 0.472. The van der Waals surface area contributed by atoms with Crippen LogP contribution in [0.3, 0.4) is 0 Å². The normalized spacial score (nSPS) is 11.6. The van der Waals surface area contributed by atoms with Crippen LogP contribution in [0.5, 0.6) is 0 Å². The smallest absolute Gasteiger partial charge is 0.255 e. The molecule has 0 spiro atoms. The minimum atomic E-state index is -0.141. The third kappa shape index (κ3) is 4.37. The van der Waals surface area contributed by atoms with Crippen molar-refractivity contribution >= 4 is 22.7 Å². The highest BCUT2D eigenvalue weighted by molar-refractivity contribution is 6.04. The van der Waals surface area contributed by atoms with Crippen LogP contribution in [0, 0.1) is 0 Å². The third-order valence-electron chi connectivity index (χ3n) is 4.90. The summed E-state index contributed by atoms with van der Waals surface area (Å²) in [5.41, 5.74) is 5.17. The molecule has 0 aliphatic heterocycles. The second-order valence-corrected chi connectivity index (χ2v) is 8.23. The van der Waals surface area contributed by atoms with Gasteiger partial charge in [0.1, 0.15) is 5.52 Å². The molecule has 0 radical (unpaired) electrons. The summed E-state index contributed by atoms with van der Waals surface area (Å²) in [5.74, 6) is 0.519. The van der Waals surface area contributed by atoms with Gasteiger partial charge in [0.2, 0.25) is 0 Å². The summed E-state index contributed by atoms with van der Waals surface area (Å²) >= 11 is 0. The average Bonchev–Trinajstić information content (AvgIpc) is 3.09. The molecule has 1 amide bonds. The molecule has 0 saturated heterocycles. The molecule has 1 aromatic heterocycles. The molecule has 1 N–H and O–H groups in total. The molecule has 4 nitrogen and oxygen atoms in total. The number of amides is 1. The Morgan fingerprint density at radius 1 is 0.966 bits per heavy atom. The van der Waals surface area contributed by atoms with Crippen LogP contribution in [0.15, 0.2) is 77.2 Å². The van der Waals surface area contributed by atoms with Crippen molar-refractivity contribution < 1.29 is 9.21 Å². The van der Waals surface area contributed by atoms with Gasteiger partial charge in [-0.2, -0.15) is 0 Å². The van der Waals surface area contributed by atoms with Crippen molar-refractivity contribution in [2.24, 2.45) is 0 Å². The summed E-state index contributed by atoms with van der Waals surface area (Å²) in [6.45, 7) is 6.46. The monoisotopic (exact) mass is 384 g/mol. The molecule has 4 aromatic rings. The van der Waals surface area contributed by atoms with E-state index >= 15 is 0 Å². The van der Waals surface area contributed by atoms with E-state index in [1.54, 1.807) is 0 Å². The lowest BCUT2D eigenvalue weighted by molar-refractivity contribution is 0.102. The Balaban J connectivity index is 1.50. The zero-order valence-electron chi connectivity index (χ0n) is 16.9. The maximum Gasteiger partial charge on any atom is 0.255 e. The van der Waals surface area contributed by atoms with E-state index in [0.717, 1.165) is 11.1 Å². The van der Waals surface area contributed by atoms with Gasteiger partial charge >= 0.3 is 0 Å². The number of nitrogens with zero attached hydrogens (tertiary/aromatic N) is 1. The van der Waals surface area contributed by atoms with Crippen LogP contribution >= 0.6 is 0 Å². The van der Waals surface area contributed by atoms with Crippen molar-refractivity contribution in [3.8, 4) is 0 Å². The SMILES string of the molecule is CC(C)(C)c1ccc(C(=O)Nc2ccc3oc(Cc4ccccc4)nc3c2)cc1. The van der Waals surface area contributed by atoms with Crippen molar-refractivity contribution in [1.82, 2.24) is 4.98 Å². The van der Waals surface area contributed by atoms with Crippen molar-refractivity contribution in [1.29, 1.82) is 0 Å². The van der Waals surface area contributed by atoms with Gasteiger partial charge in [-0.3, -0.25) is 4.79 Å². The maximum absolute atomic E-state index is 12.6. The summed E-state index contributed by atoms with van der Waals surface area (Å²) in [6.07, 6.45) is 0.636. The molecular formula is C25H24N2O2. The Morgan fingerprint density at radius 3 is 2.38 bits per heavy atom. The number of fused-ring (bicyclic) bond motifs is 1. The molecule has 0 fully saturated rings. The van der Waals surface area contributed by atoms with E-state index in [4.69, 9.17) is 4.42 Å². The van der Waals surface area contributed by atoms with Gasteiger partial charge in [-0.1, -0.05) is 63.2 Å². The predicted octanol–water partition coefficient (Wildman–Crippen LogP) is 5.97. The number of hydrogen-bond acceptors (Lipinski definition) is 3. The number of hydrogen-bond donors (Lipinski definition) is 1. The number of anilines is 1. The van der Waals surface area contributed by atoms with Crippen LogP contribution in [0.1, 0.15) is 48.1 Å². The van der Waals surface area contributed by atoms with Gasteiger partial charge in [0.15, 0.2) is 11.5 Å². The lowest BCUT2D eigenvalue weighted by Crippen LogP contribution is -2.14. The molecule has 146 valence electrons. The first-order valence-corrected chi connectivity index (χ1v) is 9.74. The third-order valence-corrected chi connectivity index (χ3v) is 4.90. The Bertz CT molecular complexity index is 1140.